The zero-order valence-electron chi connectivity index (χ0n) is 31.1. The predicted molar refractivity (Wildman–Crippen MR) is 183 cm³/mol. The average Bonchev–Trinajstić information content (AvgIpc) is 3.97. The standard InChI is InChI=1S/C40H59N2O8/c1-23-17-26(19-42(24(2)43)20-31(45)46)49-34-33(23)37(5)13-14-40-22-39(40)12-11-29(36(3,4)27(39)9-10-28(40)38(37,6)35(34)47)50-32-21-41(15-16-48-32)30(44)18-25-7-8-25/h23,25,27,29,32-33,35,47H,7-22H2,1-6H3,(H,45,46)/t23-,27+,29?,32+,33+,35+,37-,38-,39-,40+/m1/s1. The summed E-state index contributed by atoms with van der Waals surface area (Å²) >= 11 is 0. The summed E-state index contributed by atoms with van der Waals surface area (Å²) in [7, 11) is 0. The Labute approximate surface area is 298 Å². The first-order valence-corrected chi connectivity index (χ1v) is 19.5. The number of carboxylic acid groups (broad SMARTS) is 1. The van der Waals surface area contributed by atoms with Crippen LogP contribution in [0.3, 0.4) is 0 Å². The van der Waals surface area contributed by atoms with Gasteiger partial charge in [-0.1, -0.05) is 34.6 Å². The Morgan fingerprint density at radius 2 is 1.82 bits per heavy atom. The number of aliphatic hydroxyl groups excluding tert-OH is 1. The number of carbonyl (C=O) groups is 3. The van der Waals surface area contributed by atoms with Crippen molar-refractivity contribution in [3.63, 3.8) is 0 Å². The number of aliphatic carboxylic acids is 1. The van der Waals surface area contributed by atoms with Crippen LogP contribution in [0.5, 0.6) is 0 Å². The van der Waals surface area contributed by atoms with Gasteiger partial charge in [-0.3, -0.25) is 14.4 Å². The SMILES string of the molecule is CC(=O)N(C[C]1C[C@@H](C)[C@H]2[C](O1)[C@H](O)[C@@]1(C)[C]3CC[C@H]4C(C)(C)C(O[C@H]5CN(C(=O)CC6CC6)CCO5)CC[C@@]45C[C@@]35CC[C@]21C)CC(=O)O. The van der Waals surface area contributed by atoms with E-state index in [1.165, 1.54) is 31.1 Å². The molecule has 8 rings (SSSR count). The highest BCUT2D eigenvalue weighted by atomic mass is 16.7. The van der Waals surface area contributed by atoms with Crippen LogP contribution in [0.15, 0.2) is 0 Å². The van der Waals surface area contributed by atoms with Gasteiger partial charge in [0.15, 0.2) is 6.29 Å². The van der Waals surface area contributed by atoms with Crippen LogP contribution in [0, 0.1) is 68.9 Å². The van der Waals surface area contributed by atoms with Crippen LogP contribution in [0.1, 0.15) is 112 Å². The number of carboxylic acids is 1. The second kappa shape index (κ2) is 11.9. The van der Waals surface area contributed by atoms with Gasteiger partial charge in [-0.2, -0.15) is 0 Å². The number of carbonyl (C=O) groups excluding carboxylic acids is 2. The van der Waals surface area contributed by atoms with Gasteiger partial charge < -0.3 is 34.2 Å². The van der Waals surface area contributed by atoms with Gasteiger partial charge in [-0.15, -0.1) is 0 Å². The number of ether oxygens (including phenoxy) is 3. The minimum absolute atomic E-state index is 0.0460. The number of fused-ring (bicyclic) bond motifs is 4. The van der Waals surface area contributed by atoms with E-state index >= 15 is 0 Å². The van der Waals surface area contributed by atoms with Gasteiger partial charge in [-0.05, 0) is 110 Å². The van der Waals surface area contributed by atoms with Crippen LogP contribution in [-0.4, -0.2) is 89.1 Å². The minimum atomic E-state index is -1.05. The van der Waals surface area contributed by atoms with Crippen LogP contribution in [0.2, 0.25) is 0 Å². The van der Waals surface area contributed by atoms with E-state index < -0.39 is 17.5 Å². The fourth-order valence-electron chi connectivity index (χ4n) is 13.3. The van der Waals surface area contributed by atoms with E-state index in [0.29, 0.717) is 50.5 Å². The summed E-state index contributed by atoms with van der Waals surface area (Å²) in [4.78, 5) is 39.9. The molecule has 2 amide bonds. The fourth-order valence-corrected chi connectivity index (χ4v) is 13.3. The maximum atomic E-state index is 12.9. The van der Waals surface area contributed by atoms with Crippen LogP contribution in [0.25, 0.3) is 0 Å². The Kier molecular flexibility index (Phi) is 8.38. The van der Waals surface area contributed by atoms with Crippen LogP contribution in [0.4, 0.5) is 0 Å². The molecule has 10 nitrogen and oxygen atoms in total. The Bertz CT molecular complexity index is 1400. The van der Waals surface area contributed by atoms with E-state index in [4.69, 9.17) is 14.2 Å². The first-order valence-electron chi connectivity index (χ1n) is 19.5. The molecule has 10 atom stereocenters. The number of hydrogen-bond donors (Lipinski definition) is 2. The second-order valence-corrected chi connectivity index (χ2v) is 18.8. The minimum Gasteiger partial charge on any atom is -0.480 e. The van der Waals surface area contributed by atoms with Crippen molar-refractivity contribution in [2.45, 2.75) is 131 Å². The number of amides is 2. The van der Waals surface area contributed by atoms with E-state index in [-0.39, 0.29) is 70.8 Å². The van der Waals surface area contributed by atoms with Gasteiger partial charge in [-0.25, -0.2) is 0 Å². The summed E-state index contributed by atoms with van der Waals surface area (Å²) in [5.74, 6) is 1.85. The summed E-state index contributed by atoms with van der Waals surface area (Å²) in [6.45, 7) is 14.6. The number of morpholine rings is 1. The quantitative estimate of drug-likeness (QED) is 0.347. The fraction of sp³-hybridized carbons (Fsp3) is 0.850. The molecule has 2 saturated heterocycles. The third-order valence-corrected chi connectivity index (χ3v) is 16.0. The van der Waals surface area contributed by atoms with Crippen molar-refractivity contribution >= 4 is 17.8 Å². The molecule has 2 N–H and O–H groups in total. The molecular formula is C40H59N2O8. The molecule has 0 bridgehead atoms. The summed E-state index contributed by atoms with van der Waals surface area (Å²) in [5.41, 5.74) is -0.279. The molecule has 6 aliphatic carbocycles. The van der Waals surface area contributed by atoms with E-state index in [2.05, 4.69) is 34.6 Å². The first kappa shape index (κ1) is 35.3. The molecule has 8 fully saturated rings. The highest BCUT2D eigenvalue weighted by Gasteiger charge is 2.85. The van der Waals surface area contributed by atoms with E-state index in [0.717, 1.165) is 44.6 Å². The van der Waals surface area contributed by atoms with Crippen molar-refractivity contribution in [1.82, 2.24) is 9.80 Å². The van der Waals surface area contributed by atoms with Crippen molar-refractivity contribution in [3.05, 3.63) is 18.1 Å². The maximum Gasteiger partial charge on any atom is 0.323 e. The van der Waals surface area contributed by atoms with Crippen LogP contribution in [-0.2, 0) is 28.6 Å². The largest absolute Gasteiger partial charge is 0.480 e. The molecule has 6 saturated carbocycles. The topological polar surface area (TPSA) is 126 Å². The molecule has 0 aromatic carbocycles. The maximum absolute atomic E-state index is 12.9. The highest BCUT2D eigenvalue weighted by Crippen LogP contribution is 2.90. The Hall–Kier alpha value is -1.75. The number of rotatable bonds is 8. The highest BCUT2D eigenvalue weighted by molar-refractivity contribution is 5.79. The molecule has 50 heavy (non-hydrogen) atoms. The molecule has 3 radical (unpaired) electrons. The molecular weight excluding hydrogens is 636 g/mol. The summed E-state index contributed by atoms with van der Waals surface area (Å²) < 4.78 is 19.5. The van der Waals surface area contributed by atoms with Crippen LogP contribution >= 0.6 is 0 Å². The lowest BCUT2D eigenvalue weighted by Crippen LogP contribution is -2.59. The average molecular weight is 696 g/mol. The molecule has 0 aromatic rings. The molecule has 2 spiro atoms. The van der Waals surface area contributed by atoms with Crippen molar-refractivity contribution in [2.24, 2.45) is 50.7 Å². The van der Waals surface area contributed by atoms with Crippen molar-refractivity contribution in [1.29, 1.82) is 0 Å². The molecule has 8 aliphatic rings. The molecule has 277 valence electrons. The van der Waals surface area contributed by atoms with Crippen molar-refractivity contribution in [2.75, 3.05) is 32.8 Å². The number of nitrogens with zero attached hydrogens (tertiary/aromatic N) is 2. The molecule has 0 aromatic heterocycles. The summed E-state index contributed by atoms with van der Waals surface area (Å²) in [5, 5.41) is 21.8. The first-order chi connectivity index (χ1) is 23.6. The summed E-state index contributed by atoms with van der Waals surface area (Å²) in [6, 6.07) is 0. The molecule has 10 heteroatoms. The Morgan fingerprint density at radius 1 is 1.06 bits per heavy atom. The Balaban J connectivity index is 0.987. The molecule has 2 heterocycles. The zero-order valence-corrected chi connectivity index (χ0v) is 31.1. The van der Waals surface area contributed by atoms with Gasteiger partial charge in [0.25, 0.3) is 0 Å². The van der Waals surface area contributed by atoms with E-state index in [1.54, 1.807) is 5.92 Å². The smallest absolute Gasteiger partial charge is 0.323 e. The lowest BCUT2D eigenvalue weighted by atomic mass is 9.41. The third-order valence-electron chi connectivity index (χ3n) is 16.0. The van der Waals surface area contributed by atoms with Gasteiger partial charge in [0.05, 0.1) is 31.9 Å². The molecule has 1 unspecified atom stereocenters. The van der Waals surface area contributed by atoms with Gasteiger partial charge in [0, 0.05) is 31.2 Å². The Morgan fingerprint density at radius 3 is 2.52 bits per heavy atom. The van der Waals surface area contributed by atoms with Gasteiger partial charge >= 0.3 is 5.97 Å². The van der Waals surface area contributed by atoms with E-state index in [9.17, 15) is 24.6 Å². The third kappa shape index (κ3) is 5.03. The molecule has 2 aliphatic heterocycles. The monoisotopic (exact) mass is 695 g/mol. The second-order valence-electron chi connectivity index (χ2n) is 18.8. The van der Waals surface area contributed by atoms with E-state index in [1.807, 2.05) is 4.90 Å². The lowest BCUT2D eigenvalue weighted by Gasteiger charge is -2.63. The predicted octanol–water partition coefficient (Wildman–Crippen LogP) is 5.39. The van der Waals surface area contributed by atoms with Crippen LogP contribution < -0.4 is 0 Å². The lowest BCUT2D eigenvalue weighted by molar-refractivity contribution is -0.242. The normalized spacial score (nSPS) is 45.5. The zero-order chi connectivity index (χ0) is 35.6. The van der Waals surface area contributed by atoms with Gasteiger partial charge in [0.2, 0.25) is 11.8 Å². The number of aliphatic hydroxyl groups is 1. The summed E-state index contributed by atoms with van der Waals surface area (Å²) in [6.07, 6.45) is 11.6. The number of hydrogen-bond acceptors (Lipinski definition) is 7. The van der Waals surface area contributed by atoms with Gasteiger partial charge in [0.1, 0.15) is 18.8 Å². The van der Waals surface area contributed by atoms with Crippen molar-refractivity contribution < 1.29 is 38.8 Å². The van der Waals surface area contributed by atoms with Crippen molar-refractivity contribution in [3.8, 4) is 0 Å².